The Morgan fingerprint density at radius 3 is 2.64 bits per heavy atom. The summed E-state index contributed by atoms with van der Waals surface area (Å²) in [5, 5.41) is 0.746. The van der Waals surface area contributed by atoms with E-state index in [0.29, 0.717) is 6.73 Å². The number of unbranched alkanes of at least 4 members (excludes halogenated alkanes) is 5. The summed E-state index contributed by atoms with van der Waals surface area (Å²) in [4.78, 5) is 2.18. The molecule has 0 bridgehead atoms. The van der Waals surface area contributed by atoms with Crippen molar-refractivity contribution in [2.24, 2.45) is 0 Å². The van der Waals surface area contributed by atoms with Gasteiger partial charge in [0.2, 0.25) is 0 Å². The smallest absolute Gasteiger partial charge is 0.168 e. The number of ether oxygens (including phenoxy) is 1. The van der Waals surface area contributed by atoms with Crippen molar-refractivity contribution < 1.29 is 4.74 Å². The Hall–Kier alpha value is -0.310. The number of hydrogen-bond donors (Lipinski definition) is 1. The molecule has 0 aromatic rings. The number of hydrogen-bond acceptors (Lipinski definition) is 3. The summed E-state index contributed by atoms with van der Waals surface area (Å²) >= 11 is 4.14. The molecule has 0 saturated heterocycles. The Labute approximate surface area is 92.7 Å². The van der Waals surface area contributed by atoms with Crippen molar-refractivity contribution in [3.8, 4) is 0 Å². The molecule has 0 atom stereocenters. The lowest BCUT2D eigenvalue weighted by molar-refractivity contribution is 0.164. The minimum absolute atomic E-state index is 0.688. The molecule has 0 saturated carbocycles. The molecule has 2 nitrogen and oxygen atoms in total. The van der Waals surface area contributed by atoms with Crippen LogP contribution >= 0.6 is 12.6 Å². The van der Waals surface area contributed by atoms with Crippen LogP contribution in [0.4, 0.5) is 0 Å². The second kappa shape index (κ2) is 7.04. The van der Waals surface area contributed by atoms with Gasteiger partial charge in [0.05, 0.1) is 6.20 Å². The average Bonchev–Trinajstić information content (AvgIpc) is 2.58. The Kier molecular flexibility index (Phi) is 5.92. The molecule has 0 fully saturated rings. The van der Waals surface area contributed by atoms with E-state index in [4.69, 9.17) is 4.74 Å². The zero-order chi connectivity index (χ0) is 10.2. The SMILES string of the molecule is CCCCCCCCN1C=C(S)OC1. The molecule has 14 heavy (non-hydrogen) atoms. The zero-order valence-electron chi connectivity index (χ0n) is 9.04. The van der Waals surface area contributed by atoms with Crippen LogP contribution in [-0.4, -0.2) is 18.2 Å². The fourth-order valence-corrected chi connectivity index (χ4v) is 1.83. The Balaban J connectivity index is 1.89. The van der Waals surface area contributed by atoms with Crippen molar-refractivity contribution in [1.29, 1.82) is 0 Å². The average molecular weight is 215 g/mol. The molecule has 0 aromatic carbocycles. The van der Waals surface area contributed by atoms with Gasteiger partial charge >= 0.3 is 0 Å². The molecule has 1 aliphatic rings. The number of thiol groups is 1. The highest BCUT2D eigenvalue weighted by atomic mass is 32.1. The predicted octanol–water partition coefficient (Wildman–Crippen LogP) is 3.37. The van der Waals surface area contributed by atoms with Gasteiger partial charge in [0, 0.05) is 6.54 Å². The van der Waals surface area contributed by atoms with E-state index in [1.807, 2.05) is 6.20 Å². The van der Waals surface area contributed by atoms with Crippen LogP contribution in [0.25, 0.3) is 0 Å². The van der Waals surface area contributed by atoms with Gasteiger partial charge in [-0.1, -0.05) is 39.0 Å². The van der Waals surface area contributed by atoms with E-state index in [0.717, 1.165) is 11.6 Å². The summed E-state index contributed by atoms with van der Waals surface area (Å²) in [6.45, 7) is 4.05. The topological polar surface area (TPSA) is 12.5 Å². The normalized spacial score (nSPS) is 15.6. The summed E-state index contributed by atoms with van der Waals surface area (Å²) in [5.74, 6) is 0. The molecule has 0 amide bonds. The van der Waals surface area contributed by atoms with Crippen LogP contribution < -0.4 is 0 Å². The molecule has 82 valence electrons. The van der Waals surface area contributed by atoms with E-state index in [1.165, 1.54) is 38.5 Å². The highest BCUT2D eigenvalue weighted by Gasteiger charge is 2.08. The summed E-state index contributed by atoms with van der Waals surface area (Å²) in [5.41, 5.74) is 0. The monoisotopic (exact) mass is 215 g/mol. The van der Waals surface area contributed by atoms with Crippen molar-refractivity contribution in [1.82, 2.24) is 4.90 Å². The van der Waals surface area contributed by atoms with Crippen LogP contribution in [0.1, 0.15) is 45.4 Å². The van der Waals surface area contributed by atoms with Crippen LogP contribution in [0.2, 0.25) is 0 Å². The summed E-state index contributed by atoms with van der Waals surface area (Å²) in [6, 6.07) is 0. The summed E-state index contributed by atoms with van der Waals surface area (Å²) in [6.07, 6.45) is 10.1. The van der Waals surface area contributed by atoms with E-state index in [1.54, 1.807) is 0 Å². The molecule has 0 N–H and O–H groups in total. The molecule has 3 heteroatoms. The lowest BCUT2D eigenvalue weighted by atomic mass is 10.1. The predicted molar refractivity (Wildman–Crippen MR) is 63.1 cm³/mol. The highest BCUT2D eigenvalue weighted by Crippen LogP contribution is 2.14. The van der Waals surface area contributed by atoms with Crippen LogP contribution in [0.3, 0.4) is 0 Å². The fourth-order valence-electron chi connectivity index (χ4n) is 1.60. The molecule has 1 aliphatic heterocycles. The quantitative estimate of drug-likeness (QED) is 0.516. The van der Waals surface area contributed by atoms with E-state index >= 15 is 0 Å². The first-order valence-corrected chi connectivity index (χ1v) is 6.05. The van der Waals surface area contributed by atoms with Gasteiger partial charge in [0.25, 0.3) is 0 Å². The molecule has 0 aromatic heterocycles. The third kappa shape index (κ3) is 4.80. The second-order valence-corrected chi connectivity index (χ2v) is 4.26. The van der Waals surface area contributed by atoms with Gasteiger partial charge in [-0.15, -0.1) is 12.6 Å². The molecule has 1 rings (SSSR count). The van der Waals surface area contributed by atoms with Gasteiger partial charge < -0.3 is 9.64 Å². The summed E-state index contributed by atoms with van der Waals surface area (Å²) < 4.78 is 5.21. The van der Waals surface area contributed by atoms with Gasteiger partial charge in [-0.05, 0) is 6.42 Å². The number of nitrogens with zero attached hydrogens (tertiary/aromatic N) is 1. The van der Waals surface area contributed by atoms with Crippen LogP contribution in [0.15, 0.2) is 11.3 Å². The minimum atomic E-state index is 0.688. The second-order valence-electron chi connectivity index (χ2n) is 3.82. The van der Waals surface area contributed by atoms with Gasteiger partial charge in [-0.2, -0.15) is 0 Å². The first-order chi connectivity index (χ1) is 6.83. The highest BCUT2D eigenvalue weighted by molar-refractivity contribution is 7.84. The maximum atomic E-state index is 5.21. The van der Waals surface area contributed by atoms with E-state index in [2.05, 4.69) is 24.5 Å². The van der Waals surface area contributed by atoms with E-state index < -0.39 is 0 Å². The van der Waals surface area contributed by atoms with Crippen molar-refractivity contribution >= 4 is 12.6 Å². The van der Waals surface area contributed by atoms with Gasteiger partial charge in [-0.25, -0.2) is 0 Å². The zero-order valence-corrected chi connectivity index (χ0v) is 9.93. The first-order valence-electron chi connectivity index (χ1n) is 5.60. The third-order valence-electron chi connectivity index (χ3n) is 2.47. The number of rotatable bonds is 7. The molecular weight excluding hydrogens is 194 g/mol. The van der Waals surface area contributed by atoms with Gasteiger partial charge in [0.1, 0.15) is 0 Å². The van der Waals surface area contributed by atoms with E-state index in [-0.39, 0.29) is 0 Å². The van der Waals surface area contributed by atoms with Crippen LogP contribution in [0.5, 0.6) is 0 Å². The van der Waals surface area contributed by atoms with Crippen LogP contribution in [0, 0.1) is 0 Å². The van der Waals surface area contributed by atoms with Crippen molar-refractivity contribution in [2.75, 3.05) is 13.3 Å². The van der Waals surface area contributed by atoms with Crippen molar-refractivity contribution in [3.63, 3.8) is 0 Å². The molecular formula is C11H21NOS. The Bertz CT molecular complexity index is 182. The lowest BCUT2D eigenvalue weighted by Gasteiger charge is -2.12. The third-order valence-corrected chi connectivity index (χ3v) is 2.71. The molecule has 0 radical (unpaired) electrons. The maximum Gasteiger partial charge on any atom is 0.168 e. The molecule has 1 heterocycles. The molecule has 0 aliphatic carbocycles. The largest absolute Gasteiger partial charge is 0.466 e. The molecule has 0 spiro atoms. The minimum Gasteiger partial charge on any atom is -0.466 e. The van der Waals surface area contributed by atoms with Crippen molar-refractivity contribution in [2.45, 2.75) is 45.4 Å². The van der Waals surface area contributed by atoms with Crippen molar-refractivity contribution in [3.05, 3.63) is 11.3 Å². The van der Waals surface area contributed by atoms with Gasteiger partial charge in [0.15, 0.2) is 11.8 Å². The van der Waals surface area contributed by atoms with Crippen LogP contribution in [-0.2, 0) is 4.74 Å². The first kappa shape index (κ1) is 11.8. The lowest BCUT2D eigenvalue weighted by Crippen LogP contribution is -2.16. The Morgan fingerprint density at radius 1 is 1.29 bits per heavy atom. The van der Waals surface area contributed by atoms with E-state index in [9.17, 15) is 0 Å². The standard InChI is InChI=1S/C11H21NOS/c1-2-3-4-5-6-7-8-12-9-11(14)13-10-12/h9,14H,2-8,10H2,1H3. The fraction of sp³-hybridized carbons (Fsp3) is 0.818. The molecule has 0 unspecified atom stereocenters. The maximum absolute atomic E-state index is 5.21. The Morgan fingerprint density at radius 2 is 2.00 bits per heavy atom. The van der Waals surface area contributed by atoms with Gasteiger partial charge in [-0.3, -0.25) is 0 Å². The summed E-state index contributed by atoms with van der Waals surface area (Å²) in [7, 11) is 0.